The van der Waals surface area contributed by atoms with Crippen molar-refractivity contribution in [2.75, 3.05) is 7.05 Å². The molecule has 0 amide bonds. The van der Waals surface area contributed by atoms with Crippen molar-refractivity contribution in [3.63, 3.8) is 0 Å². The van der Waals surface area contributed by atoms with E-state index in [0.29, 0.717) is 0 Å². The van der Waals surface area contributed by atoms with Crippen LogP contribution in [0.1, 0.15) is 6.92 Å². The number of sulfonamides is 1. The van der Waals surface area contributed by atoms with Gasteiger partial charge in [0.1, 0.15) is 5.75 Å². The monoisotopic (exact) mass is 255 g/mol. The number of esters is 1. The molecule has 1 rings (SSSR count). The Labute approximate surface area is 100 Å². The van der Waals surface area contributed by atoms with E-state index < -0.39 is 16.0 Å². The van der Waals surface area contributed by atoms with Gasteiger partial charge in [-0.15, -0.1) is 0 Å². The Hall–Kier alpha value is -1.66. The summed E-state index contributed by atoms with van der Waals surface area (Å²) in [7, 11) is -2.23. The maximum atomic E-state index is 11.5. The third kappa shape index (κ3) is 3.40. The molecule has 1 N–H and O–H groups in total. The lowest BCUT2D eigenvalue weighted by molar-refractivity contribution is -0.130. The molecule has 1 aromatic carbocycles. The standard InChI is InChI=1S/C11H13NO4S/c1-8(2)11(13)16-9-5-4-6-10(7-9)17(14,15)12-3/h4-7,12H,1H2,2-3H3. The third-order valence-electron chi connectivity index (χ3n) is 1.94. The summed E-state index contributed by atoms with van der Waals surface area (Å²) in [5.74, 6) is -0.432. The summed E-state index contributed by atoms with van der Waals surface area (Å²) in [6, 6.07) is 5.66. The summed E-state index contributed by atoms with van der Waals surface area (Å²) < 4.78 is 30.1. The highest BCUT2D eigenvalue weighted by Gasteiger charge is 2.13. The van der Waals surface area contributed by atoms with Gasteiger partial charge >= 0.3 is 5.97 Å². The first-order chi connectivity index (χ1) is 7.86. The van der Waals surface area contributed by atoms with Gasteiger partial charge in [-0.3, -0.25) is 0 Å². The largest absolute Gasteiger partial charge is 0.423 e. The minimum atomic E-state index is -3.54. The van der Waals surface area contributed by atoms with E-state index in [1.807, 2.05) is 0 Å². The summed E-state index contributed by atoms with van der Waals surface area (Å²) >= 11 is 0. The third-order valence-corrected chi connectivity index (χ3v) is 3.36. The van der Waals surface area contributed by atoms with E-state index in [9.17, 15) is 13.2 Å². The molecule has 0 unspecified atom stereocenters. The molecule has 1 aromatic rings. The fraction of sp³-hybridized carbons (Fsp3) is 0.182. The normalized spacial score (nSPS) is 10.9. The van der Waals surface area contributed by atoms with Crippen molar-refractivity contribution in [1.82, 2.24) is 4.72 Å². The zero-order valence-electron chi connectivity index (χ0n) is 9.56. The first-order valence-electron chi connectivity index (χ1n) is 4.78. The maximum Gasteiger partial charge on any atom is 0.338 e. The van der Waals surface area contributed by atoms with Crippen LogP contribution in [0.5, 0.6) is 5.75 Å². The lowest BCUT2D eigenvalue weighted by atomic mass is 10.3. The molecule has 5 nitrogen and oxygen atoms in total. The van der Waals surface area contributed by atoms with Crippen molar-refractivity contribution in [2.45, 2.75) is 11.8 Å². The van der Waals surface area contributed by atoms with E-state index in [4.69, 9.17) is 4.74 Å². The van der Waals surface area contributed by atoms with Crippen LogP contribution in [0.25, 0.3) is 0 Å². The lowest BCUT2D eigenvalue weighted by Crippen LogP contribution is -2.18. The number of carbonyl (C=O) groups is 1. The van der Waals surface area contributed by atoms with E-state index >= 15 is 0 Å². The van der Waals surface area contributed by atoms with Gasteiger partial charge in [0.05, 0.1) is 4.90 Å². The van der Waals surface area contributed by atoms with Crippen molar-refractivity contribution < 1.29 is 17.9 Å². The SMILES string of the molecule is C=C(C)C(=O)Oc1cccc(S(=O)(=O)NC)c1. The van der Waals surface area contributed by atoms with E-state index in [0.717, 1.165) is 0 Å². The highest BCUT2D eigenvalue weighted by molar-refractivity contribution is 7.89. The van der Waals surface area contributed by atoms with Gasteiger partial charge in [0, 0.05) is 11.6 Å². The van der Waals surface area contributed by atoms with Crippen LogP contribution in [0.3, 0.4) is 0 Å². The minimum Gasteiger partial charge on any atom is -0.423 e. The second kappa shape index (κ2) is 5.11. The van der Waals surface area contributed by atoms with Crippen LogP contribution in [0.15, 0.2) is 41.3 Å². The number of carbonyl (C=O) groups excluding carboxylic acids is 1. The zero-order valence-corrected chi connectivity index (χ0v) is 10.4. The quantitative estimate of drug-likeness (QED) is 0.496. The van der Waals surface area contributed by atoms with E-state index in [1.54, 1.807) is 0 Å². The molecular formula is C11H13NO4S. The molecule has 0 aliphatic rings. The highest BCUT2D eigenvalue weighted by atomic mass is 32.2. The zero-order chi connectivity index (χ0) is 13.1. The fourth-order valence-corrected chi connectivity index (χ4v) is 1.78. The Balaban J connectivity index is 3.03. The smallest absolute Gasteiger partial charge is 0.338 e. The van der Waals surface area contributed by atoms with Crippen molar-refractivity contribution in [3.8, 4) is 5.75 Å². The molecule has 0 aliphatic heterocycles. The predicted molar refractivity (Wildman–Crippen MR) is 63.1 cm³/mol. The van der Waals surface area contributed by atoms with Crippen LogP contribution in [-0.4, -0.2) is 21.4 Å². The molecule has 17 heavy (non-hydrogen) atoms. The van der Waals surface area contributed by atoms with Crippen molar-refractivity contribution in [1.29, 1.82) is 0 Å². The second-order valence-electron chi connectivity index (χ2n) is 3.35. The van der Waals surface area contributed by atoms with Crippen LogP contribution in [-0.2, 0) is 14.8 Å². The van der Waals surface area contributed by atoms with Crippen molar-refractivity contribution >= 4 is 16.0 Å². The molecule has 0 bridgehead atoms. The first kappa shape index (κ1) is 13.4. The number of nitrogens with one attached hydrogen (secondary N) is 1. The predicted octanol–water partition coefficient (Wildman–Crippen LogP) is 1.08. The minimum absolute atomic E-state index is 0.0343. The highest BCUT2D eigenvalue weighted by Crippen LogP contribution is 2.17. The average Bonchev–Trinajstić information content (AvgIpc) is 2.29. The van der Waals surface area contributed by atoms with Gasteiger partial charge in [-0.1, -0.05) is 12.6 Å². The molecule has 0 spiro atoms. The summed E-state index contributed by atoms with van der Waals surface area (Å²) in [6.07, 6.45) is 0. The van der Waals surface area contributed by atoms with Crippen molar-refractivity contribution in [3.05, 3.63) is 36.4 Å². The van der Waals surface area contributed by atoms with Gasteiger partial charge in [0.15, 0.2) is 0 Å². The summed E-state index contributed by atoms with van der Waals surface area (Å²) in [4.78, 5) is 11.3. The Morgan fingerprint density at radius 2 is 2.06 bits per heavy atom. The van der Waals surface area contributed by atoms with Gasteiger partial charge in [-0.05, 0) is 26.1 Å². The Kier molecular flexibility index (Phi) is 4.03. The van der Waals surface area contributed by atoms with E-state index in [1.165, 1.54) is 38.2 Å². The number of rotatable bonds is 4. The molecule has 92 valence electrons. The molecule has 0 atom stereocenters. The number of benzene rings is 1. The summed E-state index contributed by atoms with van der Waals surface area (Å²) in [5.41, 5.74) is 0.242. The second-order valence-corrected chi connectivity index (χ2v) is 5.24. The van der Waals surface area contributed by atoms with Gasteiger partial charge in [-0.25, -0.2) is 17.9 Å². The molecular weight excluding hydrogens is 242 g/mol. The van der Waals surface area contributed by atoms with Crippen LogP contribution in [0.4, 0.5) is 0 Å². The number of hydrogen-bond donors (Lipinski definition) is 1. The molecule has 0 saturated heterocycles. The molecule has 6 heteroatoms. The molecule has 0 aliphatic carbocycles. The Bertz CT molecular complexity index is 548. The van der Waals surface area contributed by atoms with E-state index in [2.05, 4.69) is 11.3 Å². The average molecular weight is 255 g/mol. The summed E-state index contributed by atoms with van der Waals surface area (Å²) in [6.45, 7) is 4.94. The number of hydrogen-bond acceptors (Lipinski definition) is 4. The Morgan fingerprint density at radius 3 is 2.59 bits per heavy atom. The molecule has 0 radical (unpaired) electrons. The molecule has 0 fully saturated rings. The fourth-order valence-electron chi connectivity index (χ4n) is 1.02. The first-order valence-corrected chi connectivity index (χ1v) is 6.26. The van der Waals surface area contributed by atoms with Gasteiger partial charge in [0.2, 0.25) is 10.0 Å². The van der Waals surface area contributed by atoms with Crippen LogP contribution in [0, 0.1) is 0 Å². The molecule has 0 heterocycles. The summed E-state index contributed by atoms with van der Waals surface area (Å²) in [5, 5.41) is 0. The number of ether oxygens (including phenoxy) is 1. The topological polar surface area (TPSA) is 72.5 Å². The Morgan fingerprint density at radius 1 is 1.41 bits per heavy atom. The van der Waals surface area contributed by atoms with Crippen LogP contribution < -0.4 is 9.46 Å². The van der Waals surface area contributed by atoms with E-state index in [-0.39, 0.29) is 16.2 Å². The lowest BCUT2D eigenvalue weighted by Gasteiger charge is -2.06. The van der Waals surface area contributed by atoms with Gasteiger partial charge in [0.25, 0.3) is 0 Å². The van der Waals surface area contributed by atoms with Crippen molar-refractivity contribution in [2.24, 2.45) is 0 Å². The molecule has 0 aromatic heterocycles. The molecule has 0 saturated carbocycles. The van der Waals surface area contributed by atoms with Crippen LogP contribution >= 0.6 is 0 Å². The maximum absolute atomic E-state index is 11.5. The van der Waals surface area contributed by atoms with Gasteiger partial charge < -0.3 is 4.74 Å². The van der Waals surface area contributed by atoms with Crippen LogP contribution in [0.2, 0.25) is 0 Å². The van der Waals surface area contributed by atoms with Gasteiger partial charge in [-0.2, -0.15) is 0 Å².